The summed E-state index contributed by atoms with van der Waals surface area (Å²) in [6.07, 6.45) is 3.52. The lowest BCUT2D eigenvalue weighted by Gasteiger charge is -2.32. The summed E-state index contributed by atoms with van der Waals surface area (Å²) in [5.74, 6) is -0.504. The van der Waals surface area contributed by atoms with E-state index in [9.17, 15) is 13.2 Å². The minimum absolute atomic E-state index is 0.0910. The van der Waals surface area contributed by atoms with Gasteiger partial charge >= 0.3 is 5.97 Å². The SMILES string of the molecule is C=CCOC(=O)C1CCCCN1S(=O)(=O)c1ccc(C)cc1. The topological polar surface area (TPSA) is 63.7 Å². The fourth-order valence-electron chi connectivity index (χ4n) is 2.51. The average Bonchev–Trinajstić information content (AvgIpc) is 2.53. The predicted octanol–water partition coefficient (Wildman–Crippen LogP) is 2.27. The van der Waals surface area contributed by atoms with Crippen LogP contribution in [0.1, 0.15) is 24.8 Å². The lowest BCUT2D eigenvalue weighted by atomic mass is 10.1. The van der Waals surface area contributed by atoms with Gasteiger partial charge in [-0.25, -0.2) is 8.42 Å². The van der Waals surface area contributed by atoms with Crippen molar-refractivity contribution in [2.45, 2.75) is 37.1 Å². The third-order valence-corrected chi connectivity index (χ3v) is 5.62. The molecule has 5 nitrogen and oxygen atoms in total. The fraction of sp³-hybridized carbons (Fsp3) is 0.438. The minimum Gasteiger partial charge on any atom is -0.460 e. The van der Waals surface area contributed by atoms with Gasteiger partial charge in [0.2, 0.25) is 10.0 Å². The van der Waals surface area contributed by atoms with Crippen molar-refractivity contribution in [3.63, 3.8) is 0 Å². The van der Waals surface area contributed by atoms with Gasteiger partial charge in [-0.3, -0.25) is 4.79 Å². The number of nitrogens with zero attached hydrogens (tertiary/aromatic N) is 1. The first-order valence-electron chi connectivity index (χ1n) is 7.33. The fourth-order valence-corrected chi connectivity index (χ4v) is 4.16. The maximum Gasteiger partial charge on any atom is 0.324 e. The molecule has 0 N–H and O–H groups in total. The largest absolute Gasteiger partial charge is 0.460 e. The van der Waals surface area contributed by atoms with Crippen molar-refractivity contribution in [2.75, 3.05) is 13.2 Å². The zero-order valence-electron chi connectivity index (χ0n) is 12.7. The third-order valence-electron chi connectivity index (χ3n) is 3.70. The van der Waals surface area contributed by atoms with Crippen LogP contribution in [0.4, 0.5) is 0 Å². The number of piperidine rings is 1. The second kappa shape index (κ2) is 7.07. The van der Waals surface area contributed by atoms with Crippen molar-refractivity contribution in [1.29, 1.82) is 0 Å². The average molecular weight is 323 g/mol. The molecule has 0 amide bonds. The molecule has 6 heteroatoms. The van der Waals surface area contributed by atoms with Crippen molar-refractivity contribution in [3.8, 4) is 0 Å². The lowest BCUT2D eigenvalue weighted by Crippen LogP contribution is -2.48. The summed E-state index contributed by atoms with van der Waals surface area (Å²) in [7, 11) is -3.69. The minimum atomic E-state index is -3.69. The van der Waals surface area contributed by atoms with E-state index in [4.69, 9.17) is 4.74 Å². The van der Waals surface area contributed by atoms with Crippen molar-refractivity contribution in [3.05, 3.63) is 42.5 Å². The smallest absolute Gasteiger partial charge is 0.324 e. The van der Waals surface area contributed by atoms with E-state index in [0.29, 0.717) is 13.0 Å². The van der Waals surface area contributed by atoms with Crippen LogP contribution in [0.15, 0.2) is 41.8 Å². The van der Waals surface area contributed by atoms with Crippen molar-refractivity contribution < 1.29 is 17.9 Å². The Kier molecular flexibility index (Phi) is 5.37. The zero-order chi connectivity index (χ0) is 16.2. The standard InChI is InChI=1S/C16H21NO4S/c1-3-12-21-16(18)15-6-4-5-11-17(15)22(19,20)14-9-7-13(2)8-10-14/h3,7-10,15H,1,4-6,11-12H2,2H3. The summed E-state index contributed by atoms with van der Waals surface area (Å²) in [4.78, 5) is 12.3. The molecule has 1 aromatic rings. The highest BCUT2D eigenvalue weighted by Gasteiger charge is 2.38. The van der Waals surface area contributed by atoms with E-state index in [1.54, 1.807) is 24.3 Å². The zero-order valence-corrected chi connectivity index (χ0v) is 13.5. The number of carbonyl (C=O) groups excluding carboxylic acids is 1. The Hall–Kier alpha value is -1.66. The van der Waals surface area contributed by atoms with Crippen LogP contribution in [0, 0.1) is 6.92 Å². The quantitative estimate of drug-likeness (QED) is 0.616. The van der Waals surface area contributed by atoms with Crippen molar-refractivity contribution in [2.24, 2.45) is 0 Å². The number of benzene rings is 1. The van der Waals surface area contributed by atoms with Gasteiger partial charge in [0.05, 0.1) is 4.90 Å². The molecule has 1 saturated heterocycles. The molecule has 0 bridgehead atoms. The Bertz CT molecular complexity index is 637. The van der Waals surface area contributed by atoms with Crippen molar-refractivity contribution in [1.82, 2.24) is 4.31 Å². The monoisotopic (exact) mass is 323 g/mol. The van der Waals surface area contributed by atoms with E-state index in [2.05, 4.69) is 6.58 Å². The second-order valence-corrected chi connectivity index (χ2v) is 7.25. The molecular weight excluding hydrogens is 302 g/mol. The summed E-state index contributed by atoms with van der Waals surface area (Å²) in [6, 6.07) is 5.90. The summed E-state index contributed by atoms with van der Waals surface area (Å²) < 4.78 is 31.9. The van der Waals surface area contributed by atoms with Gasteiger partial charge in [0.15, 0.2) is 0 Å². The van der Waals surface area contributed by atoms with Crippen LogP contribution in [0.5, 0.6) is 0 Å². The third kappa shape index (κ3) is 3.56. The summed E-state index contributed by atoms with van der Waals surface area (Å²) in [5.41, 5.74) is 0.986. The Morgan fingerprint density at radius 3 is 2.68 bits per heavy atom. The number of hydrogen-bond acceptors (Lipinski definition) is 4. The number of carbonyl (C=O) groups is 1. The number of ether oxygens (including phenoxy) is 1. The Labute approximate surface area is 131 Å². The molecule has 1 heterocycles. The number of sulfonamides is 1. The molecule has 0 aromatic heterocycles. The highest BCUT2D eigenvalue weighted by molar-refractivity contribution is 7.89. The first-order chi connectivity index (χ1) is 10.5. The predicted molar refractivity (Wildman–Crippen MR) is 83.9 cm³/mol. The van der Waals surface area contributed by atoms with E-state index >= 15 is 0 Å². The highest BCUT2D eigenvalue weighted by Crippen LogP contribution is 2.26. The van der Waals surface area contributed by atoms with Gasteiger partial charge in [-0.1, -0.05) is 30.4 Å². The number of rotatable bonds is 5. The van der Waals surface area contributed by atoms with Gasteiger partial charge in [-0.2, -0.15) is 4.31 Å². The molecule has 1 atom stereocenters. The molecule has 1 unspecified atom stereocenters. The van der Waals surface area contributed by atoms with E-state index in [-0.39, 0.29) is 11.5 Å². The van der Waals surface area contributed by atoms with Crippen LogP contribution in [-0.2, 0) is 19.6 Å². The van der Waals surface area contributed by atoms with E-state index < -0.39 is 22.0 Å². The van der Waals surface area contributed by atoms with Gasteiger partial charge in [-0.15, -0.1) is 0 Å². The van der Waals surface area contributed by atoms with Gasteiger partial charge < -0.3 is 4.74 Å². The molecular formula is C16H21NO4S. The lowest BCUT2D eigenvalue weighted by molar-refractivity contribution is -0.147. The number of hydrogen-bond donors (Lipinski definition) is 0. The van der Waals surface area contributed by atoms with Crippen LogP contribution in [0.3, 0.4) is 0 Å². The van der Waals surface area contributed by atoms with Crippen LogP contribution >= 0.6 is 0 Å². The molecule has 1 aromatic carbocycles. The molecule has 2 rings (SSSR count). The van der Waals surface area contributed by atoms with Gasteiger partial charge in [0.25, 0.3) is 0 Å². The normalized spacial score (nSPS) is 19.6. The Balaban J connectivity index is 2.27. The maximum absolute atomic E-state index is 12.8. The Morgan fingerprint density at radius 1 is 1.36 bits per heavy atom. The second-order valence-electron chi connectivity index (χ2n) is 5.36. The first-order valence-corrected chi connectivity index (χ1v) is 8.77. The van der Waals surface area contributed by atoms with Crippen LogP contribution in [0.25, 0.3) is 0 Å². The van der Waals surface area contributed by atoms with Crippen LogP contribution in [0.2, 0.25) is 0 Å². The molecule has 0 saturated carbocycles. The molecule has 1 fully saturated rings. The van der Waals surface area contributed by atoms with Gasteiger partial charge in [0, 0.05) is 6.54 Å². The molecule has 120 valence electrons. The maximum atomic E-state index is 12.8. The molecule has 0 aliphatic carbocycles. The molecule has 1 aliphatic heterocycles. The summed E-state index contributed by atoms with van der Waals surface area (Å²) >= 11 is 0. The Morgan fingerprint density at radius 2 is 2.05 bits per heavy atom. The molecule has 1 aliphatic rings. The number of esters is 1. The van der Waals surface area contributed by atoms with Gasteiger partial charge in [0.1, 0.15) is 12.6 Å². The van der Waals surface area contributed by atoms with Crippen LogP contribution < -0.4 is 0 Å². The highest BCUT2D eigenvalue weighted by atomic mass is 32.2. The van der Waals surface area contributed by atoms with E-state index in [1.807, 2.05) is 6.92 Å². The van der Waals surface area contributed by atoms with Crippen molar-refractivity contribution >= 4 is 16.0 Å². The summed E-state index contributed by atoms with van der Waals surface area (Å²) in [6.45, 7) is 5.82. The molecule has 22 heavy (non-hydrogen) atoms. The first kappa shape index (κ1) is 16.7. The van der Waals surface area contributed by atoms with E-state index in [1.165, 1.54) is 10.4 Å². The van der Waals surface area contributed by atoms with E-state index in [0.717, 1.165) is 18.4 Å². The van der Waals surface area contributed by atoms with Gasteiger partial charge in [-0.05, 0) is 38.3 Å². The summed E-state index contributed by atoms with van der Waals surface area (Å²) in [5, 5.41) is 0. The number of aryl methyl sites for hydroxylation is 1. The van der Waals surface area contributed by atoms with Crippen LogP contribution in [-0.4, -0.2) is 37.9 Å². The molecule has 0 spiro atoms. The molecule has 0 radical (unpaired) electrons.